The third-order valence-corrected chi connectivity index (χ3v) is 6.48. The van der Waals surface area contributed by atoms with Gasteiger partial charge in [-0.3, -0.25) is 0 Å². The largest absolute Gasteiger partial charge is 0.233 e. The summed E-state index contributed by atoms with van der Waals surface area (Å²) in [5.41, 5.74) is 2.22. The van der Waals surface area contributed by atoms with Crippen molar-refractivity contribution in [3.05, 3.63) is 47.8 Å². The molecule has 0 aliphatic carbocycles. The van der Waals surface area contributed by atoms with Crippen LogP contribution in [0.1, 0.15) is 31.0 Å². The van der Waals surface area contributed by atoms with Crippen LogP contribution in [0.2, 0.25) is 0 Å². The molecule has 2 aromatic heterocycles. The first kappa shape index (κ1) is 17.0. The summed E-state index contributed by atoms with van der Waals surface area (Å²) in [4.78, 5) is 4.83. The van der Waals surface area contributed by atoms with Crippen molar-refractivity contribution in [2.75, 3.05) is 6.26 Å². The molecule has 0 saturated carbocycles. The van der Waals surface area contributed by atoms with Crippen molar-refractivity contribution in [2.24, 2.45) is 0 Å². The van der Waals surface area contributed by atoms with Crippen LogP contribution < -0.4 is 0 Å². The van der Waals surface area contributed by atoms with Gasteiger partial charge in [0.2, 0.25) is 9.84 Å². The van der Waals surface area contributed by atoms with Gasteiger partial charge in [-0.15, -0.1) is 11.8 Å². The molecular weight excluding hydrogens is 342 g/mol. The van der Waals surface area contributed by atoms with Crippen molar-refractivity contribution in [3.8, 4) is 0 Å². The van der Waals surface area contributed by atoms with Crippen LogP contribution in [0.25, 0.3) is 5.65 Å². The quantitative estimate of drug-likeness (QED) is 0.663. The normalized spacial score (nSPS) is 12.2. The second kappa shape index (κ2) is 6.22. The fourth-order valence-corrected chi connectivity index (χ4v) is 4.90. The fourth-order valence-electron chi connectivity index (χ4n) is 2.50. The third-order valence-electron chi connectivity index (χ3n) is 3.87. The lowest BCUT2D eigenvalue weighted by molar-refractivity contribution is 0.594. The number of nitrogens with zero attached hydrogens (tertiary/aromatic N) is 3. The molecule has 1 aromatic carbocycles. The molecule has 0 bridgehead atoms. The highest BCUT2D eigenvalue weighted by molar-refractivity contribution is 7.99. The number of aromatic nitrogens is 3. The standard InChI is InChI=1S/C17H19N3O2S2/c1-11(2)13-5-7-14(8-6-13)24(21,22)15-16-18-12(3)9-10-20(16)19-17(15)23-4/h5-11H,1-4H3. The molecule has 0 N–H and O–H groups in total. The van der Waals surface area contributed by atoms with Gasteiger partial charge < -0.3 is 0 Å². The number of fused-ring (bicyclic) bond motifs is 1. The summed E-state index contributed by atoms with van der Waals surface area (Å²) in [7, 11) is -3.69. The van der Waals surface area contributed by atoms with Crippen LogP contribution in [0.3, 0.4) is 0 Å². The van der Waals surface area contributed by atoms with Gasteiger partial charge in [-0.25, -0.2) is 17.9 Å². The van der Waals surface area contributed by atoms with Crippen molar-refractivity contribution in [1.29, 1.82) is 0 Å². The van der Waals surface area contributed by atoms with Gasteiger partial charge in [0, 0.05) is 11.9 Å². The van der Waals surface area contributed by atoms with Crippen molar-refractivity contribution in [3.63, 3.8) is 0 Å². The topological polar surface area (TPSA) is 64.3 Å². The molecule has 0 unspecified atom stereocenters. The van der Waals surface area contributed by atoms with Gasteiger partial charge in [-0.05, 0) is 42.9 Å². The van der Waals surface area contributed by atoms with Crippen LogP contribution in [0, 0.1) is 6.92 Å². The van der Waals surface area contributed by atoms with Crippen LogP contribution in [-0.2, 0) is 9.84 Å². The lowest BCUT2D eigenvalue weighted by Gasteiger charge is -2.08. The van der Waals surface area contributed by atoms with Gasteiger partial charge in [0.1, 0.15) is 5.03 Å². The van der Waals surface area contributed by atoms with Gasteiger partial charge in [-0.1, -0.05) is 26.0 Å². The highest BCUT2D eigenvalue weighted by atomic mass is 32.2. The molecule has 0 atom stereocenters. The summed E-state index contributed by atoms with van der Waals surface area (Å²) in [6.07, 6.45) is 3.55. The number of rotatable bonds is 4. The van der Waals surface area contributed by atoms with E-state index in [9.17, 15) is 8.42 Å². The number of hydrogen-bond acceptors (Lipinski definition) is 5. The maximum Gasteiger partial charge on any atom is 0.213 e. The Balaban J connectivity index is 2.22. The van der Waals surface area contributed by atoms with E-state index in [4.69, 9.17) is 0 Å². The first-order valence-electron chi connectivity index (χ1n) is 7.59. The maximum absolute atomic E-state index is 13.2. The molecule has 0 radical (unpaired) electrons. The molecule has 0 spiro atoms. The van der Waals surface area contributed by atoms with E-state index >= 15 is 0 Å². The van der Waals surface area contributed by atoms with E-state index in [1.807, 2.05) is 25.3 Å². The molecule has 24 heavy (non-hydrogen) atoms. The molecule has 126 valence electrons. The number of hydrogen-bond donors (Lipinski definition) is 0. The van der Waals surface area contributed by atoms with Gasteiger partial charge in [0.05, 0.1) is 4.90 Å². The van der Waals surface area contributed by atoms with E-state index in [1.165, 1.54) is 16.3 Å². The van der Waals surface area contributed by atoms with Crippen molar-refractivity contribution in [2.45, 2.75) is 41.5 Å². The molecule has 0 fully saturated rings. The predicted molar refractivity (Wildman–Crippen MR) is 95.5 cm³/mol. The predicted octanol–water partition coefficient (Wildman–Crippen LogP) is 3.72. The number of benzene rings is 1. The smallest absolute Gasteiger partial charge is 0.213 e. The van der Waals surface area contributed by atoms with Crippen molar-refractivity contribution >= 4 is 27.2 Å². The Morgan fingerprint density at radius 2 is 1.79 bits per heavy atom. The summed E-state index contributed by atoms with van der Waals surface area (Å²) in [5.74, 6) is 0.352. The first-order chi connectivity index (χ1) is 11.3. The Labute approximate surface area is 146 Å². The second-order valence-electron chi connectivity index (χ2n) is 5.90. The summed E-state index contributed by atoms with van der Waals surface area (Å²) >= 11 is 1.31. The van der Waals surface area contributed by atoms with Crippen LogP contribution in [0.4, 0.5) is 0 Å². The van der Waals surface area contributed by atoms with E-state index in [0.29, 0.717) is 16.6 Å². The van der Waals surface area contributed by atoms with Crippen molar-refractivity contribution in [1.82, 2.24) is 14.6 Å². The van der Waals surface area contributed by atoms with Gasteiger partial charge >= 0.3 is 0 Å². The number of sulfone groups is 1. The maximum atomic E-state index is 13.2. The minimum absolute atomic E-state index is 0.177. The number of thioether (sulfide) groups is 1. The highest BCUT2D eigenvalue weighted by Crippen LogP contribution is 2.32. The Kier molecular flexibility index (Phi) is 4.40. The Bertz CT molecular complexity index is 991. The molecule has 2 heterocycles. The molecule has 3 rings (SSSR count). The number of aryl methyl sites for hydroxylation is 1. The Hall–Kier alpha value is -1.86. The van der Waals surface area contributed by atoms with Crippen LogP contribution >= 0.6 is 11.8 Å². The van der Waals surface area contributed by atoms with Crippen LogP contribution in [-0.4, -0.2) is 29.3 Å². The Morgan fingerprint density at radius 3 is 2.38 bits per heavy atom. The third kappa shape index (κ3) is 2.82. The second-order valence-corrected chi connectivity index (χ2v) is 8.58. The molecule has 7 heteroatoms. The van der Waals surface area contributed by atoms with Crippen molar-refractivity contribution < 1.29 is 8.42 Å². The van der Waals surface area contributed by atoms with Gasteiger partial charge in [0.25, 0.3) is 0 Å². The molecule has 0 saturated heterocycles. The summed E-state index contributed by atoms with van der Waals surface area (Å²) < 4.78 is 27.9. The van der Waals surface area contributed by atoms with Crippen LogP contribution in [0.15, 0.2) is 51.3 Å². The fraction of sp³-hybridized carbons (Fsp3) is 0.294. The van der Waals surface area contributed by atoms with Gasteiger partial charge in [0.15, 0.2) is 10.5 Å². The molecule has 0 aliphatic heterocycles. The first-order valence-corrected chi connectivity index (χ1v) is 10.3. The van der Waals surface area contributed by atoms with Gasteiger partial charge in [-0.2, -0.15) is 5.10 Å². The zero-order chi connectivity index (χ0) is 17.5. The summed E-state index contributed by atoms with van der Waals surface area (Å²) in [6.45, 7) is 5.99. The summed E-state index contributed by atoms with van der Waals surface area (Å²) in [6, 6.07) is 8.85. The minimum atomic E-state index is -3.69. The SMILES string of the molecule is CSc1nn2ccc(C)nc2c1S(=O)(=O)c1ccc(C(C)C)cc1. The van der Waals surface area contributed by atoms with E-state index in [2.05, 4.69) is 23.9 Å². The Morgan fingerprint density at radius 1 is 1.12 bits per heavy atom. The average Bonchev–Trinajstić information content (AvgIpc) is 2.93. The lowest BCUT2D eigenvalue weighted by Crippen LogP contribution is -2.04. The minimum Gasteiger partial charge on any atom is -0.233 e. The molecular formula is C17H19N3O2S2. The zero-order valence-electron chi connectivity index (χ0n) is 14.0. The molecule has 0 amide bonds. The summed E-state index contributed by atoms with van der Waals surface area (Å²) in [5, 5.41) is 4.81. The average molecular weight is 361 g/mol. The van der Waals surface area contributed by atoms with E-state index in [0.717, 1.165) is 11.3 Å². The monoisotopic (exact) mass is 361 g/mol. The highest BCUT2D eigenvalue weighted by Gasteiger charge is 2.28. The van der Waals surface area contributed by atoms with E-state index < -0.39 is 9.84 Å². The molecule has 3 aromatic rings. The van der Waals surface area contributed by atoms with E-state index in [-0.39, 0.29) is 9.79 Å². The molecule has 5 nitrogen and oxygen atoms in total. The molecule has 0 aliphatic rings. The van der Waals surface area contributed by atoms with Crippen LogP contribution in [0.5, 0.6) is 0 Å². The van der Waals surface area contributed by atoms with E-state index in [1.54, 1.807) is 24.4 Å². The zero-order valence-corrected chi connectivity index (χ0v) is 15.6. The lowest BCUT2D eigenvalue weighted by atomic mass is 10.0.